The molecule has 0 aromatic rings. The molecule has 8 heteroatoms. The number of hydrogen-bond donors (Lipinski definition) is 2. The number of carbonyl (C=O) groups excluding carboxylic acids is 2. The fourth-order valence-corrected chi connectivity index (χ4v) is 2.85. The van der Waals surface area contributed by atoms with E-state index < -0.39 is 5.60 Å². The molecule has 2 saturated heterocycles. The molecule has 0 bridgehead atoms. The summed E-state index contributed by atoms with van der Waals surface area (Å²) in [4.78, 5) is 30.2. The van der Waals surface area contributed by atoms with E-state index in [-0.39, 0.29) is 12.1 Å². The molecule has 0 spiro atoms. The first-order valence-corrected chi connectivity index (χ1v) is 8.79. The summed E-state index contributed by atoms with van der Waals surface area (Å²) in [6.07, 6.45) is -0.380. The third-order valence-corrected chi connectivity index (χ3v) is 4.13. The van der Waals surface area contributed by atoms with E-state index in [4.69, 9.17) is 4.74 Å². The molecule has 0 aromatic heterocycles. The zero-order chi connectivity index (χ0) is 17.6. The summed E-state index contributed by atoms with van der Waals surface area (Å²) >= 11 is 0. The topological polar surface area (TPSA) is 77.2 Å². The van der Waals surface area contributed by atoms with Gasteiger partial charge in [-0.3, -0.25) is 4.90 Å². The molecular weight excluding hydrogens is 310 g/mol. The van der Waals surface area contributed by atoms with Crippen molar-refractivity contribution in [3.05, 3.63) is 0 Å². The fraction of sp³-hybridized carbons (Fsp3) is 0.875. The van der Waals surface area contributed by atoms with Gasteiger partial charge in [-0.25, -0.2) is 9.59 Å². The maximum absolute atomic E-state index is 12.4. The molecule has 0 unspecified atom stereocenters. The molecule has 138 valence electrons. The Hall–Kier alpha value is -1.54. The summed E-state index contributed by atoms with van der Waals surface area (Å²) in [6.45, 7) is 13.4. The summed E-state index contributed by atoms with van der Waals surface area (Å²) in [7, 11) is 0. The Labute approximate surface area is 144 Å². The molecule has 0 radical (unpaired) electrons. The van der Waals surface area contributed by atoms with Crippen molar-refractivity contribution in [2.24, 2.45) is 0 Å². The number of alkyl carbamates (subject to hydrolysis) is 1. The van der Waals surface area contributed by atoms with Gasteiger partial charge in [0.2, 0.25) is 0 Å². The molecule has 2 aliphatic heterocycles. The number of ether oxygens (including phenoxy) is 1. The molecule has 2 fully saturated rings. The van der Waals surface area contributed by atoms with Crippen molar-refractivity contribution in [1.82, 2.24) is 25.3 Å². The van der Waals surface area contributed by atoms with Crippen molar-refractivity contribution < 1.29 is 14.3 Å². The molecule has 0 saturated carbocycles. The van der Waals surface area contributed by atoms with E-state index in [1.54, 1.807) is 0 Å². The summed E-state index contributed by atoms with van der Waals surface area (Å²) in [5, 5.41) is 6.03. The van der Waals surface area contributed by atoms with Gasteiger partial charge in [-0.15, -0.1) is 0 Å². The molecule has 0 atom stereocenters. The number of rotatable bonds is 3. The number of amides is 3. The first kappa shape index (κ1) is 18.8. The highest BCUT2D eigenvalue weighted by Crippen LogP contribution is 2.07. The van der Waals surface area contributed by atoms with Crippen LogP contribution in [0.1, 0.15) is 20.8 Å². The van der Waals surface area contributed by atoms with Crippen molar-refractivity contribution >= 4 is 12.1 Å². The molecular formula is C16H31N5O3. The average molecular weight is 341 g/mol. The average Bonchev–Trinajstić information content (AvgIpc) is 2.54. The third-order valence-electron chi connectivity index (χ3n) is 4.13. The Morgan fingerprint density at radius 1 is 1.00 bits per heavy atom. The lowest BCUT2D eigenvalue weighted by Gasteiger charge is -2.38. The largest absolute Gasteiger partial charge is 0.444 e. The molecule has 0 aromatic carbocycles. The van der Waals surface area contributed by atoms with E-state index in [2.05, 4.69) is 15.5 Å². The standard InChI is InChI=1S/C16H31N5O3/c1-16(2,3)24-14(22)18-6-7-19-10-12-21(13-11-19)15(23)20-8-4-17-5-9-20/h17H,4-13H2,1-3H3,(H,18,22). The lowest BCUT2D eigenvalue weighted by atomic mass is 10.2. The van der Waals surface area contributed by atoms with Crippen molar-refractivity contribution in [2.75, 3.05) is 65.4 Å². The van der Waals surface area contributed by atoms with E-state index in [0.717, 1.165) is 58.9 Å². The Bertz CT molecular complexity index is 424. The van der Waals surface area contributed by atoms with Crippen LogP contribution in [0, 0.1) is 0 Å². The molecule has 2 heterocycles. The number of nitrogens with zero attached hydrogens (tertiary/aromatic N) is 3. The van der Waals surface area contributed by atoms with Crippen LogP contribution in [0.2, 0.25) is 0 Å². The molecule has 24 heavy (non-hydrogen) atoms. The highest BCUT2D eigenvalue weighted by Gasteiger charge is 2.26. The maximum atomic E-state index is 12.4. The first-order chi connectivity index (χ1) is 11.3. The summed E-state index contributed by atoms with van der Waals surface area (Å²) in [6, 6.07) is 0.156. The third kappa shape index (κ3) is 6.16. The lowest BCUT2D eigenvalue weighted by Crippen LogP contribution is -2.56. The van der Waals surface area contributed by atoms with Gasteiger partial charge in [-0.05, 0) is 20.8 Å². The number of piperazine rings is 2. The monoisotopic (exact) mass is 341 g/mol. The predicted octanol–water partition coefficient (Wildman–Crippen LogP) is 0.154. The van der Waals surface area contributed by atoms with Crippen LogP contribution in [-0.2, 0) is 4.74 Å². The number of nitrogens with one attached hydrogen (secondary N) is 2. The van der Waals surface area contributed by atoms with Crippen LogP contribution in [0.3, 0.4) is 0 Å². The van der Waals surface area contributed by atoms with Gasteiger partial charge in [0.1, 0.15) is 5.60 Å². The smallest absolute Gasteiger partial charge is 0.407 e. The fourth-order valence-electron chi connectivity index (χ4n) is 2.85. The van der Waals surface area contributed by atoms with E-state index in [9.17, 15) is 9.59 Å². The van der Waals surface area contributed by atoms with E-state index in [1.165, 1.54) is 0 Å². The van der Waals surface area contributed by atoms with Crippen molar-refractivity contribution in [2.45, 2.75) is 26.4 Å². The van der Waals surface area contributed by atoms with Crippen LogP contribution >= 0.6 is 0 Å². The van der Waals surface area contributed by atoms with Crippen LogP contribution in [0.15, 0.2) is 0 Å². The Morgan fingerprint density at radius 2 is 1.58 bits per heavy atom. The van der Waals surface area contributed by atoms with Crippen LogP contribution < -0.4 is 10.6 Å². The Kier molecular flexibility index (Phi) is 6.68. The van der Waals surface area contributed by atoms with E-state index >= 15 is 0 Å². The molecule has 2 aliphatic rings. The van der Waals surface area contributed by atoms with Crippen LogP contribution in [0.5, 0.6) is 0 Å². The van der Waals surface area contributed by atoms with Crippen molar-refractivity contribution in [1.29, 1.82) is 0 Å². The van der Waals surface area contributed by atoms with Gasteiger partial charge in [0.15, 0.2) is 0 Å². The summed E-state index contributed by atoms with van der Waals surface area (Å²) in [5.74, 6) is 0. The normalized spacial score (nSPS) is 20.0. The molecule has 2 rings (SSSR count). The maximum Gasteiger partial charge on any atom is 0.407 e. The molecule has 3 amide bonds. The number of hydrogen-bond acceptors (Lipinski definition) is 5. The molecule has 8 nitrogen and oxygen atoms in total. The van der Waals surface area contributed by atoms with Crippen LogP contribution in [0.4, 0.5) is 9.59 Å². The molecule has 2 N–H and O–H groups in total. The highest BCUT2D eigenvalue weighted by molar-refractivity contribution is 5.74. The van der Waals surface area contributed by atoms with Gasteiger partial charge >= 0.3 is 12.1 Å². The zero-order valence-corrected chi connectivity index (χ0v) is 15.1. The zero-order valence-electron chi connectivity index (χ0n) is 15.1. The highest BCUT2D eigenvalue weighted by atomic mass is 16.6. The lowest BCUT2D eigenvalue weighted by molar-refractivity contribution is 0.0517. The summed E-state index contributed by atoms with van der Waals surface area (Å²) in [5.41, 5.74) is -0.472. The van der Waals surface area contributed by atoms with Gasteiger partial charge in [0.05, 0.1) is 0 Å². The molecule has 0 aliphatic carbocycles. The van der Waals surface area contributed by atoms with Crippen LogP contribution in [0.25, 0.3) is 0 Å². The van der Waals surface area contributed by atoms with E-state index in [0.29, 0.717) is 6.54 Å². The van der Waals surface area contributed by atoms with Crippen LogP contribution in [-0.4, -0.2) is 97.9 Å². The van der Waals surface area contributed by atoms with E-state index in [1.807, 2.05) is 30.6 Å². The number of urea groups is 1. The minimum Gasteiger partial charge on any atom is -0.444 e. The van der Waals surface area contributed by atoms with Gasteiger partial charge < -0.3 is 25.2 Å². The van der Waals surface area contributed by atoms with Gasteiger partial charge in [-0.2, -0.15) is 0 Å². The Balaban J connectivity index is 1.62. The predicted molar refractivity (Wildman–Crippen MR) is 92.1 cm³/mol. The van der Waals surface area contributed by atoms with Crippen molar-refractivity contribution in [3.63, 3.8) is 0 Å². The minimum atomic E-state index is -0.472. The minimum absolute atomic E-state index is 0.156. The Morgan fingerprint density at radius 3 is 2.17 bits per heavy atom. The van der Waals surface area contributed by atoms with Gasteiger partial charge in [0, 0.05) is 65.4 Å². The number of carbonyl (C=O) groups is 2. The van der Waals surface area contributed by atoms with Crippen molar-refractivity contribution in [3.8, 4) is 0 Å². The quantitative estimate of drug-likeness (QED) is 0.764. The first-order valence-electron chi connectivity index (χ1n) is 8.79. The second kappa shape index (κ2) is 8.53. The van der Waals surface area contributed by atoms with Gasteiger partial charge in [-0.1, -0.05) is 0 Å². The summed E-state index contributed by atoms with van der Waals surface area (Å²) < 4.78 is 5.21. The van der Waals surface area contributed by atoms with Gasteiger partial charge in [0.25, 0.3) is 0 Å². The second-order valence-corrected chi connectivity index (χ2v) is 7.28. The second-order valence-electron chi connectivity index (χ2n) is 7.28. The SMILES string of the molecule is CC(C)(C)OC(=O)NCCN1CCN(C(=O)N2CCNCC2)CC1.